The van der Waals surface area contributed by atoms with Crippen molar-refractivity contribution < 1.29 is 18.7 Å². The highest BCUT2D eigenvalue weighted by Gasteiger charge is 2.13. The molecule has 0 spiro atoms. The molecule has 0 saturated carbocycles. The second-order valence-corrected chi connectivity index (χ2v) is 8.02. The minimum atomic E-state index is -0.0979. The number of para-hydroxylation sites is 2. The molecule has 0 aliphatic heterocycles. The Morgan fingerprint density at radius 1 is 1.00 bits per heavy atom. The predicted molar refractivity (Wildman–Crippen MR) is 126 cm³/mol. The Morgan fingerprint density at radius 2 is 1.78 bits per heavy atom. The van der Waals surface area contributed by atoms with E-state index < -0.39 is 0 Å². The van der Waals surface area contributed by atoms with Gasteiger partial charge in [0, 0.05) is 17.9 Å². The van der Waals surface area contributed by atoms with Gasteiger partial charge in [-0.25, -0.2) is 4.98 Å². The molecule has 1 heterocycles. The summed E-state index contributed by atoms with van der Waals surface area (Å²) in [7, 11) is 3.22. The van der Waals surface area contributed by atoms with Crippen molar-refractivity contribution in [2.24, 2.45) is 0 Å². The number of hydrogen-bond acceptors (Lipinski definition) is 6. The molecule has 7 heteroatoms. The van der Waals surface area contributed by atoms with Gasteiger partial charge in [-0.15, -0.1) is 0 Å². The van der Waals surface area contributed by atoms with Crippen molar-refractivity contribution in [3.05, 3.63) is 83.4 Å². The van der Waals surface area contributed by atoms with Gasteiger partial charge in [-0.05, 0) is 47.9 Å². The molecule has 164 valence electrons. The zero-order chi connectivity index (χ0) is 22.3. The Bertz CT molecular complexity index is 1190. The number of ether oxygens (including phenoxy) is 2. The van der Waals surface area contributed by atoms with Crippen molar-refractivity contribution >= 4 is 28.8 Å². The van der Waals surface area contributed by atoms with Crippen LogP contribution in [0.2, 0.25) is 0 Å². The van der Waals surface area contributed by atoms with Crippen molar-refractivity contribution in [1.29, 1.82) is 0 Å². The molecular weight excluding hydrogens is 424 g/mol. The summed E-state index contributed by atoms with van der Waals surface area (Å²) in [5, 5.41) is 3.61. The van der Waals surface area contributed by atoms with E-state index in [2.05, 4.69) is 10.3 Å². The number of thioether (sulfide) groups is 1. The number of rotatable bonds is 9. The molecule has 0 fully saturated rings. The number of carbonyl (C=O) groups excluding carboxylic acids is 1. The van der Waals surface area contributed by atoms with Crippen molar-refractivity contribution in [3.8, 4) is 11.5 Å². The number of carbonyl (C=O) groups is 1. The lowest BCUT2D eigenvalue weighted by molar-refractivity contribution is 0.0953. The number of methoxy groups -OCH3 is 2. The Hall–Kier alpha value is -3.45. The fourth-order valence-corrected chi connectivity index (χ4v) is 4.21. The summed E-state index contributed by atoms with van der Waals surface area (Å²) in [6, 6.07) is 21.0. The van der Waals surface area contributed by atoms with Gasteiger partial charge in [0.05, 0.1) is 14.2 Å². The van der Waals surface area contributed by atoms with Crippen LogP contribution in [-0.2, 0) is 12.2 Å². The summed E-state index contributed by atoms with van der Waals surface area (Å²) in [5.74, 6) is 1.86. The van der Waals surface area contributed by atoms with Gasteiger partial charge in [0.1, 0.15) is 5.52 Å². The molecule has 4 aromatic rings. The third-order valence-electron chi connectivity index (χ3n) is 5.03. The topological polar surface area (TPSA) is 73.6 Å². The van der Waals surface area contributed by atoms with Crippen molar-refractivity contribution in [2.45, 2.75) is 17.4 Å². The first-order valence-electron chi connectivity index (χ1n) is 10.2. The molecule has 0 unspecified atom stereocenters. The van der Waals surface area contributed by atoms with Crippen molar-refractivity contribution in [2.75, 3.05) is 20.8 Å². The second-order valence-electron chi connectivity index (χ2n) is 7.09. The van der Waals surface area contributed by atoms with Crippen LogP contribution in [0.5, 0.6) is 11.5 Å². The normalized spacial score (nSPS) is 10.8. The van der Waals surface area contributed by atoms with E-state index >= 15 is 0 Å². The fourth-order valence-electron chi connectivity index (χ4n) is 3.37. The number of aromatic nitrogens is 1. The summed E-state index contributed by atoms with van der Waals surface area (Å²) in [5.41, 5.74) is 4.24. The lowest BCUT2D eigenvalue weighted by Gasteiger charge is -2.11. The summed E-state index contributed by atoms with van der Waals surface area (Å²) in [6.07, 6.45) is 0.686. The molecule has 1 aromatic heterocycles. The minimum absolute atomic E-state index is 0.0979. The Kier molecular flexibility index (Phi) is 6.97. The van der Waals surface area contributed by atoms with E-state index in [1.54, 1.807) is 14.2 Å². The van der Waals surface area contributed by atoms with E-state index in [1.165, 1.54) is 11.8 Å². The van der Waals surface area contributed by atoms with E-state index in [-0.39, 0.29) is 5.91 Å². The molecule has 0 atom stereocenters. The van der Waals surface area contributed by atoms with Gasteiger partial charge in [0.2, 0.25) is 0 Å². The maximum Gasteiger partial charge on any atom is 0.257 e. The third-order valence-corrected chi connectivity index (χ3v) is 5.91. The van der Waals surface area contributed by atoms with Crippen LogP contribution >= 0.6 is 11.8 Å². The van der Waals surface area contributed by atoms with Gasteiger partial charge in [0.25, 0.3) is 11.1 Å². The minimum Gasteiger partial charge on any atom is -0.493 e. The number of oxazole rings is 1. The zero-order valence-corrected chi connectivity index (χ0v) is 18.8. The predicted octanol–water partition coefficient (Wildman–Crippen LogP) is 5.11. The molecule has 0 saturated heterocycles. The van der Waals surface area contributed by atoms with Crippen LogP contribution in [-0.4, -0.2) is 31.7 Å². The van der Waals surface area contributed by atoms with Crippen LogP contribution in [0.3, 0.4) is 0 Å². The summed E-state index contributed by atoms with van der Waals surface area (Å²) >= 11 is 1.48. The smallest absolute Gasteiger partial charge is 0.257 e. The Labute approximate surface area is 190 Å². The van der Waals surface area contributed by atoms with E-state index in [0.29, 0.717) is 41.0 Å². The highest BCUT2D eigenvalue weighted by molar-refractivity contribution is 7.98. The molecule has 3 aromatic carbocycles. The van der Waals surface area contributed by atoms with Gasteiger partial charge in [-0.3, -0.25) is 4.79 Å². The molecule has 0 aliphatic rings. The molecule has 1 N–H and O–H groups in total. The maximum absolute atomic E-state index is 12.8. The lowest BCUT2D eigenvalue weighted by atomic mass is 10.1. The number of hydrogen-bond donors (Lipinski definition) is 1. The Morgan fingerprint density at radius 3 is 2.59 bits per heavy atom. The van der Waals surface area contributed by atoms with E-state index in [0.717, 1.165) is 22.2 Å². The SMILES string of the molecule is COc1ccc(CCNC(=O)c2ccccc2CSc2nc3ccccc3o2)cc1OC. The van der Waals surface area contributed by atoms with Gasteiger partial charge >= 0.3 is 0 Å². The molecule has 0 aliphatic carbocycles. The second kappa shape index (κ2) is 10.2. The highest BCUT2D eigenvalue weighted by Crippen LogP contribution is 2.28. The van der Waals surface area contributed by atoms with Crippen LogP contribution < -0.4 is 14.8 Å². The number of nitrogens with one attached hydrogen (secondary N) is 1. The van der Waals surface area contributed by atoms with Crippen LogP contribution in [0.1, 0.15) is 21.5 Å². The first-order valence-corrected chi connectivity index (χ1v) is 11.2. The van der Waals surface area contributed by atoms with Gasteiger partial charge in [0.15, 0.2) is 17.1 Å². The number of benzene rings is 3. The van der Waals surface area contributed by atoms with Gasteiger partial charge < -0.3 is 19.2 Å². The number of fused-ring (bicyclic) bond motifs is 1. The molecule has 4 rings (SSSR count). The molecule has 1 amide bonds. The maximum atomic E-state index is 12.8. The standard InChI is InChI=1S/C25H24N2O4S/c1-29-22-12-11-17(15-23(22)30-2)13-14-26-24(28)19-8-4-3-7-18(19)16-32-25-27-20-9-5-6-10-21(20)31-25/h3-12,15H,13-14,16H2,1-2H3,(H,26,28). The largest absolute Gasteiger partial charge is 0.493 e. The third kappa shape index (κ3) is 5.06. The monoisotopic (exact) mass is 448 g/mol. The molecule has 6 nitrogen and oxygen atoms in total. The first kappa shape index (κ1) is 21.8. The average molecular weight is 449 g/mol. The first-order chi connectivity index (χ1) is 15.7. The zero-order valence-electron chi connectivity index (χ0n) is 18.0. The summed E-state index contributed by atoms with van der Waals surface area (Å²) in [6.45, 7) is 0.515. The van der Waals surface area contributed by atoms with Crippen LogP contribution in [0.4, 0.5) is 0 Å². The molecular formula is C25H24N2O4S. The van der Waals surface area contributed by atoms with Crippen molar-refractivity contribution in [3.63, 3.8) is 0 Å². The van der Waals surface area contributed by atoms with Crippen LogP contribution in [0, 0.1) is 0 Å². The van der Waals surface area contributed by atoms with Crippen LogP contribution in [0.25, 0.3) is 11.1 Å². The number of nitrogens with zero attached hydrogens (tertiary/aromatic N) is 1. The van der Waals surface area contributed by atoms with Crippen LogP contribution in [0.15, 0.2) is 76.4 Å². The average Bonchev–Trinajstić information content (AvgIpc) is 3.25. The quantitative estimate of drug-likeness (QED) is 0.359. The Balaban J connectivity index is 1.37. The summed E-state index contributed by atoms with van der Waals surface area (Å²) < 4.78 is 16.4. The van der Waals surface area contributed by atoms with E-state index in [9.17, 15) is 4.79 Å². The fraction of sp³-hybridized carbons (Fsp3) is 0.200. The molecule has 32 heavy (non-hydrogen) atoms. The number of amides is 1. The van der Waals surface area contributed by atoms with E-state index in [1.807, 2.05) is 66.7 Å². The van der Waals surface area contributed by atoms with Crippen molar-refractivity contribution in [1.82, 2.24) is 10.3 Å². The van der Waals surface area contributed by atoms with Gasteiger partial charge in [-0.2, -0.15) is 0 Å². The summed E-state index contributed by atoms with van der Waals surface area (Å²) in [4.78, 5) is 17.3. The van der Waals surface area contributed by atoms with Gasteiger partial charge in [-0.1, -0.05) is 48.2 Å². The lowest BCUT2D eigenvalue weighted by Crippen LogP contribution is -2.26. The highest BCUT2D eigenvalue weighted by atomic mass is 32.2. The molecule has 0 radical (unpaired) electrons. The molecule has 0 bridgehead atoms. The van der Waals surface area contributed by atoms with E-state index in [4.69, 9.17) is 13.9 Å².